The topological polar surface area (TPSA) is 68.8 Å². The molecule has 7 heteroatoms. The highest BCUT2D eigenvalue weighted by Gasteiger charge is 2.32. The predicted octanol–water partition coefficient (Wildman–Crippen LogP) is 3.02. The van der Waals surface area contributed by atoms with E-state index >= 15 is 0 Å². The van der Waals surface area contributed by atoms with Crippen molar-refractivity contribution < 1.29 is 4.79 Å². The van der Waals surface area contributed by atoms with E-state index in [9.17, 15) is 4.79 Å². The number of nitrogens with zero attached hydrogens (tertiary/aromatic N) is 6. The van der Waals surface area contributed by atoms with Crippen molar-refractivity contribution in [1.82, 2.24) is 29.4 Å². The fourth-order valence-corrected chi connectivity index (χ4v) is 3.47. The summed E-state index contributed by atoms with van der Waals surface area (Å²) in [7, 11) is 1.82. The molecule has 0 radical (unpaired) electrons. The number of fused-ring (bicyclic) bond motifs is 1. The Morgan fingerprint density at radius 3 is 2.56 bits per heavy atom. The van der Waals surface area contributed by atoms with Gasteiger partial charge in [-0.25, -0.2) is 9.67 Å². The maximum atomic E-state index is 13.2. The Kier molecular flexibility index (Phi) is 4.30. The first kappa shape index (κ1) is 17.5. The molecule has 7 nitrogen and oxygen atoms in total. The van der Waals surface area contributed by atoms with E-state index in [4.69, 9.17) is 4.98 Å². The Hall–Kier alpha value is -2.96. The predicted molar refractivity (Wildman–Crippen MR) is 102 cm³/mol. The van der Waals surface area contributed by atoms with Gasteiger partial charge in [0.15, 0.2) is 5.82 Å². The molecule has 1 aliphatic rings. The Labute approximate surface area is 158 Å². The third-order valence-corrected chi connectivity index (χ3v) is 5.10. The highest BCUT2D eigenvalue weighted by molar-refractivity contribution is 5.93. The summed E-state index contributed by atoms with van der Waals surface area (Å²) in [6.45, 7) is 7.40. The maximum absolute atomic E-state index is 13.2. The van der Waals surface area contributed by atoms with Gasteiger partial charge in [-0.2, -0.15) is 10.2 Å². The molecular formula is C20H24N6O. The average Bonchev–Trinajstić information content (AvgIpc) is 3.27. The minimum atomic E-state index is -0.145. The number of benzene rings is 1. The van der Waals surface area contributed by atoms with E-state index in [1.165, 1.54) is 0 Å². The standard InChI is InChI=1S/C20H24N6O/c1-13(2)16-12-17(24(4)22-16)20(27)25-10-11-26-19(14(25)3)21-18(23-26)15-8-6-5-7-9-15/h5-9,12-14H,10-11H2,1-4H3/t14-/m0/s1. The first-order valence-corrected chi connectivity index (χ1v) is 9.30. The highest BCUT2D eigenvalue weighted by Crippen LogP contribution is 2.28. The van der Waals surface area contributed by atoms with Gasteiger partial charge in [-0.1, -0.05) is 44.2 Å². The van der Waals surface area contributed by atoms with Crippen LogP contribution in [0.25, 0.3) is 11.4 Å². The fourth-order valence-electron chi connectivity index (χ4n) is 3.47. The van der Waals surface area contributed by atoms with E-state index < -0.39 is 0 Å². The largest absolute Gasteiger partial charge is 0.325 e. The van der Waals surface area contributed by atoms with E-state index in [2.05, 4.69) is 24.0 Å². The normalized spacial score (nSPS) is 16.6. The van der Waals surface area contributed by atoms with Gasteiger partial charge in [0.1, 0.15) is 11.5 Å². The molecule has 0 unspecified atom stereocenters. The van der Waals surface area contributed by atoms with Crippen molar-refractivity contribution in [3.05, 3.63) is 53.6 Å². The number of hydrogen-bond acceptors (Lipinski definition) is 4. The number of hydrogen-bond donors (Lipinski definition) is 0. The summed E-state index contributed by atoms with van der Waals surface area (Å²) in [6, 6.07) is 11.7. The zero-order valence-corrected chi connectivity index (χ0v) is 16.1. The van der Waals surface area contributed by atoms with E-state index in [1.807, 2.05) is 60.0 Å². The van der Waals surface area contributed by atoms with E-state index in [1.54, 1.807) is 4.68 Å². The van der Waals surface area contributed by atoms with Gasteiger partial charge in [0.2, 0.25) is 0 Å². The van der Waals surface area contributed by atoms with Gasteiger partial charge in [0.05, 0.1) is 18.3 Å². The summed E-state index contributed by atoms with van der Waals surface area (Å²) in [5, 5.41) is 9.11. The lowest BCUT2D eigenvalue weighted by Crippen LogP contribution is -2.42. The second kappa shape index (κ2) is 6.64. The molecule has 2 aromatic heterocycles. The molecule has 0 N–H and O–H groups in total. The molecule has 140 valence electrons. The molecule has 27 heavy (non-hydrogen) atoms. The van der Waals surface area contributed by atoms with Crippen molar-refractivity contribution in [3.8, 4) is 11.4 Å². The summed E-state index contributed by atoms with van der Waals surface area (Å²) in [4.78, 5) is 19.7. The van der Waals surface area contributed by atoms with Gasteiger partial charge in [-0.3, -0.25) is 9.48 Å². The summed E-state index contributed by atoms with van der Waals surface area (Å²) >= 11 is 0. The summed E-state index contributed by atoms with van der Waals surface area (Å²) in [5.74, 6) is 1.79. The molecule has 0 fully saturated rings. The van der Waals surface area contributed by atoms with Gasteiger partial charge in [0, 0.05) is 19.2 Å². The quantitative estimate of drug-likeness (QED) is 0.716. The Morgan fingerprint density at radius 1 is 1.15 bits per heavy atom. The van der Waals surface area contributed by atoms with Crippen LogP contribution in [0, 0.1) is 0 Å². The Morgan fingerprint density at radius 2 is 1.89 bits per heavy atom. The van der Waals surface area contributed by atoms with Crippen molar-refractivity contribution >= 4 is 5.91 Å². The van der Waals surface area contributed by atoms with Crippen LogP contribution in [0.1, 0.15) is 54.7 Å². The van der Waals surface area contributed by atoms with Crippen molar-refractivity contribution in [2.24, 2.45) is 7.05 Å². The van der Waals surface area contributed by atoms with Crippen LogP contribution in [-0.2, 0) is 13.6 Å². The van der Waals surface area contributed by atoms with Gasteiger partial charge in [-0.15, -0.1) is 0 Å². The van der Waals surface area contributed by atoms with E-state index in [-0.39, 0.29) is 17.9 Å². The van der Waals surface area contributed by atoms with Crippen LogP contribution in [0.5, 0.6) is 0 Å². The number of carbonyl (C=O) groups is 1. The zero-order chi connectivity index (χ0) is 19.1. The number of rotatable bonds is 3. The smallest absolute Gasteiger partial charge is 0.272 e. The molecule has 0 aliphatic carbocycles. The van der Waals surface area contributed by atoms with Crippen LogP contribution >= 0.6 is 0 Å². The lowest BCUT2D eigenvalue weighted by Gasteiger charge is -2.32. The molecule has 3 heterocycles. The molecule has 3 aromatic rings. The number of aryl methyl sites for hydroxylation is 1. The van der Waals surface area contributed by atoms with Crippen molar-refractivity contribution in [3.63, 3.8) is 0 Å². The minimum Gasteiger partial charge on any atom is -0.325 e. The van der Waals surface area contributed by atoms with E-state index in [0.717, 1.165) is 17.1 Å². The van der Waals surface area contributed by atoms with Crippen LogP contribution < -0.4 is 0 Å². The van der Waals surface area contributed by atoms with Crippen LogP contribution in [0.3, 0.4) is 0 Å². The fraction of sp³-hybridized carbons (Fsp3) is 0.400. The number of carbonyl (C=O) groups excluding carboxylic acids is 1. The van der Waals surface area contributed by atoms with Crippen LogP contribution in [0.15, 0.2) is 36.4 Å². The molecular weight excluding hydrogens is 340 g/mol. The van der Waals surface area contributed by atoms with Gasteiger partial charge in [-0.05, 0) is 18.9 Å². The number of aromatic nitrogens is 5. The van der Waals surface area contributed by atoms with Crippen molar-refractivity contribution in [2.45, 2.75) is 39.3 Å². The molecule has 1 atom stereocenters. The van der Waals surface area contributed by atoms with E-state index in [0.29, 0.717) is 24.6 Å². The monoisotopic (exact) mass is 364 g/mol. The van der Waals surface area contributed by atoms with Gasteiger partial charge < -0.3 is 4.90 Å². The SMILES string of the molecule is CC(C)c1cc(C(=O)N2CCn3nc(-c4ccccc4)nc3[C@@H]2C)n(C)n1. The van der Waals surface area contributed by atoms with Crippen molar-refractivity contribution in [1.29, 1.82) is 0 Å². The summed E-state index contributed by atoms with van der Waals surface area (Å²) in [6.07, 6.45) is 0. The van der Waals surface area contributed by atoms with Crippen molar-refractivity contribution in [2.75, 3.05) is 6.54 Å². The first-order valence-electron chi connectivity index (χ1n) is 9.30. The molecule has 1 aliphatic heterocycles. The average molecular weight is 364 g/mol. The maximum Gasteiger partial charge on any atom is 0.272 e. The van der Waals surface area contributed by atoms with Gasteiger partial charge >= 0.3 is 0 Å². The van der Waals surface area contributed by atoms with Crippen LogP contribution in [0.2, 0.25) is 0 Å². The lowest BCUT2D eigenvalue weighted by molar-refractivity contribution is 0.0619. The second-order valence-electron chi connectivity index (χ2n) is 7.29. The molecule has 1 amide bonds. The molecule has 0 bridgehead atoms. The third-order valence-electron chi connectivity index (χ3n) is 5.10. The number of amides is 1. The molecule has 0 saturated carbocycles. The Bertz CT molecular complexity index is 972. The summed E-state index contributed by atoms with van der Waals surface area (Å²) < 4.78 is 3.60. The molecule has 0 saturated heterocycles. The van der Waals surface area contributed by atoms with Crippen LogP contribution in [0.4, 0.5) is 0 Å². The Balaban J connectivity index is 1.63. The molecule has 4 rings (SSSR count). The summed E-state index contributed by atoms with van der Waals surface area (Å²) in [5.41, 5.74) is 2.53. The van der Waals surface area contributed by atoms with Gasteiger partial charge in [0.25, 0.3) is 5.91 Å². The third kappa shape index (κ3) is 3.03. The second-order valence-corrected chi connectivity index (χ2v) is 7.29. The minimum absolute atomic E-state index is 0.0140. The molecule has 1 aromatic carbocycles. The van der Waals surface area contributed by atoms with Crippen LogP contribution in [-0.4, -0.2) is 41.9 Å². The highest BCUT2D eigenvalue weighted by atomic mass is 16.2. The lowest BCUT2D eigenvalue weighted by atomic mass is 10.1. The zero-order valence-electron chi connectivity index (χ0n) is 16.1. The molecule has 0 spiro atoms. The first-order chi connectivity index (χ1) is 13.0.